The van der Waals surface area contributed by atoms with Crippen molar-refractivity contribution in [3.8, 4) is 0 Å². The van der Waals surface area contributed by atoms with Gasteiger partial charge in [0.25, 0.3) is 0 Å². The molecule has 0 aromatic rings. The first kappa shape index (κ1) is 6.47. The van der Waals surface area contributed by atoms with Gasteiger partial charge in [-0.1, -0.05) is 0 Å². The summed E-state index contributed by atoms with van der Waals surface area (Å²) in [6, 6.07) is 0. The molecule has 0 radical (unpaired) electrons. The molecule has 0 aliphatic carbocycles. The molecular weight excluding hydrogens is 123 g/mol. The van der Waals surface area contributed by atoms with Crippen LogP contribution in [0, 0.1) is 0 Å². The van der Waals surface area contributed by atoms with Gasteiger partial charge in [-0.15, -0.1) is 0 Å². The van der Waals surface area contributed by atoms with Gasteiger partial charge in [0, 0.05) is 6.42 Å². The van der Waals surface area contributed by atoms with E-state index in [1.54, 1.807) is 0 Å². The summed E-state index contributed by atoms with van der Waals surface area (Å²) in [5, 5.41) is 0. The van der Waals surface area contributed by atoms with Gasteiger partial charge in [0.15, 0.2) is 9.03 Å². The summed E-state index contributed by atoms with van der Waals surface area (Å²) in [6.07, 6.45) is 1.83. The molecule has 1 fully saturated rings. The van der Waals surface area contributed by atoms with E-state index in [0.717, 1.165) is 6.42 Å². The lowest BCUT2D eigenvalue weighted by Gasteiger charge is -2.23. The molecule has 0 aromatic heterocycles. The average Bonchev–Trinajstić information content (AvgIpc) is 1.64. The second-order valence-electron chi connectivity index (χ2n) is 2.18. The molecule has 0 bridgehead atoms. The van der Waals surface area contributed by atoms with Crippen LogP contribution >= 0.6 is 9.03 Å². The van der Waals surface area contributed by atoms with Gasteiger partial charge in [-0.05, 0) is 13.8 Å². The zero-order chi connectivity index (χ0) is 5.98. The molecule has 2 nitrogen and oxygen atoms in total. The molecule has 2 unspecified atom stereocenters. The second kappa shape index (κ2) is 2.77. The molecule has 0 aromatic carbocycles. The SMILES string of the molecule is CC1CC(C)OPO1. The monoisotopic (exact) mass is 134 g/mol. The van der Waals surface area contributed by atoms with Crippen molar-refractivity contribution in [2.45, 2.75) is 32.5 Å². The van der Waals surface area contributed by atoms with Gasteiger partial charge in [-0.25, -0.2) is 0 Å². The molecule has 1 aliphatic rings. The third kappa shape index (κ3) is 1.70. The topological polar surface area (TPSA) is 18.5 Å². The van der Waals surface area contributed by atoms with Gasteiger partial charge in [0.2, 0.25) is 0 Å². The highest BCUT2D eigenvalue weighted by Crippen LogP contribution is 2.28. The Kier molecular flexibility index (Phi) is 2.24. The van der Waals surface area contributed by atoms with Crippen LogP contribution in [0.15, 0.2) is 0 Å². The molecule has 1 rings (SSSR count). The van der Waals surface area contributed by atoms with Gasteiger partial charge in [0.1, 0.15) is 0 Å². The first-order chi connectivity index (χ1) is 3.79. The quantitative estimate of drug-likeness (QED) is 0.469. The summed E-state index contributed by atoms with van der Waals surface area (Å²) in [6.45, 7) is 4.15. The zero-order valence-electron chi connectivity index (χ0n) is 5.18. The van der Waals surface area contributed by atoms with Crippen molar-refractivity contribution in [1.29, 1.82) is 0 Å². The maximum atomic E-state index is 5.15. The molecule has 3 heteroatoms. The van der Waals surface area contributed by atoms with E-state index in [2.05, 4.69) is 13.8 Å². The Morgan fingerprint density at radius 2 is 1.75 bits per heavy atom. The lowest BCUT2D eigenvalue weighted by Crippen LogP contribution is -2.18. The summed E-state index contributed by atoms with van der Waals surface area (Å²) in [5.74, 6) is 0. The Balaban J connectivity index is 2.23. The Morgan fingerprint density at radius 3 is 2.00 bits per heavy atom. The molecular formula is C5H11O2P. The van der Waals surface area contributed by atoms with Crippen LogP contribution in [-0.2, 0) is 9.05 Å². The van der Waals surface area contributed by atoms with Crippen LogP contribution in [0.4, 0.5) is 0 Å². The van der Waals surface area contributed by atoms with Crippen molar-refractivity contribution in [3.63, 3.8) is 0 Å². The third-order valence-electron chi connectivity index (χ3n) is 1.16. The second-order valence-corrected chi connectivity index (χ2v) is 2.81. The van der Waals surface area contributed by atoms with Gasteiger partial charge < -0.3 is 9.05 Å². The van der Waals surface area contributed by atoms with Crippen molar-refractivity contribution >= 4 is 9.03 Å². The predicted molar refractivity (Wildman–Crippen MR) is 34.0 cm³/mol. The average molecular weight is 134 g/mol. The minimum atomic E-state index is 0.262. The van der Waals surface area contributed by atoms with Crippen molar-refractivity contribution in [2.75, 3.05) is 0 Å². The van der Waals surface area contributed by atoms with E-state index in [0.29, 0.717) is 12.2 Å². The molecule has 8 heavy (non-hydrogen) atoms. The summed E-state index contributed by atoms with van der Waals surface area (Å²) < 4.78 is 10.3. The minimum absolute atomic E-state index is 0.262. The van der Waals surface area contributed by atoms with Crippen LogP contribution in [-0.4, -0.2) is 12.2 Å². The smallest absolute Gasteiger partial charge is 0.155 e. The molecule has 2 atom stereocenters. The lowest BCUT2D eigenvalue weighted by molar-refractivity contribution is 0.0841. The summed E-state index contributed by atoms with van der Waals surface area (Å²) in [7, 11) is 0.262. The van der Waals surface area contributed by atoms with Crippen molar-refractivity contribution in [2.24, 2.45) is 0 Å². The maximum Gasteiger partial charge on any atom is 0.155 e. The maximum absolute atomic E-state index is 5.15. The van der Waals surface area contributed by atoms with Crippen molar-refractivity contribution < 1.29 is 9.05 Å². The normalized spacial score (nSPS) is 42.8. The van der Waals surface area contributed by atoms with Crippen molar-refractivity contribution in [1.82, 2.24) is 0 Å². The molecule has 0 amide bonds. The Hall–Kier alpha value is 0.350. The highest BCUT2D eigenvalue weighted by molar-refractivity contribution is 7.26. The first-order valence-electron chi connectivity index (χ1n) is 2.85. The van der Waals surface area contributed by atoms with Crippen LogP contribution in [0.3, 0.4) is 0 Å². The molecule has 0 N–H and O–H groups in total. The highest BCUT2D eigenvalue weighted by atomic mass is 31.1. The van der Waals surface area contributed by atoms with Gasteiger partial charge in [-0.2, -0.15) is 0 Å². The summed E-state index contributed by atoms with van der Waals surface area (Å²) in [5.41, 5.74) is 0. The molecule has 48 valence electrons. The largest absolute Gasteiger partial charge is 0.333 e. The van der Waals surface area contributed by atoms with E-state index in [1.807, 2.05) is 0 Å². The van der Waals surface area contributed by atoms with Crippen LogP contribution in [0.2, 0.25) is 0 Å². The standard InChI is InChI=1S/C5H11O2P/c1-4-3-5(2)7-8-6-4/h4-5,8H,3H2,1-2H3. The number of hydrogen-bond donors (Lipinski definition) is 0. The van der Waals surface area contributed by atoms with E-state index in [-0.39, 0.29) is 9.03 Å². The summed E-state index contributed by atoms with van der Waals surface area (Å²) >= 11 is 0. The van der Waals surface area contributed by atoms with E-state index < -0.39 is 0 Å². The lowest BCUT2D eigenvalue weighted by atomic mass is 10.2. The first-order valence-corrected chi connectivity index (χ1v) is 3.67. The highest BCUT2D eigenvalue weighted by Gasteiger charge is 2.14. The van der Waals surface area contributed by atoms with Gasteiger partial charge in [-0.3, -0.25) is 0 Å². The number of rotatable bonds is 0. The van der Waals surface area contributed by atoms with E-state index >= 15 is 0 Å². The van der Waals surface area contributed by atoms with Crippen LogP contribution in [0.25, 0.3) is 0 Å². The summed E-state index contributed by atoms with van der Waals surface area (Å²) in [4.78, 5) is 0. The van der Waals surface area contributed by atoms with Crippen LogP contribution in [0.1, 0.15) is 20.3 Å². The fraction of sp³-hybridized carbons (Fsp3) is 1.00. The van der Waals surface area contributed by atoms with E-state index in [4.69, 9.17) is 9.05 Å². The number of hydrogen-bond acceptors (Lipinski definition) is 2. The van der Waals surface area contributed by atoms with E-state index in [9.17, 15) is 0 Å². The van der Waals surface area contributed by atoms with E-state index in [1.165, 1.54) is 0 Å². The minimum Gasteiger partial charge on any atom is -0.333 e. The fourth-order valence-corrected chi connectivity index (χ4v) is 1.33. The Bertz CT molecular complexity index is 68.8. The predicted octanol–water partition coefficient (Wildman–Crippen LogP) is 1.71. The van der Waals surface area contributed by atoms with Crippen LogP contribution in [0.5, 0.6) is 0 Å². The molecule has 1 heterocycles. The zero-order valence-corrected chi connectivity index (χ0v) is 6.18. The Labute approximate surface area is 51.5 Å². The van der Waals surface area contributed by atoms with Gasteiger partial charge in [0.05, 0.1) is 12.2 Å². The van der Waals surface area contributed by atoms with Gasteiger partial charge >= 0.3 is 0 Å². The van der Waals surface area contributed by atoms with Crippen LogP contribution < -0.4 is 0 Å². The fourth-order valence-electron chi connectivity index (χ4n) is 0.756. The third-order valence-corrected chi connectivity index (χ3v) is 2.16. The Morgan fingerprint density at radius 1 is 1.25 bits per heavy atom. The molecule has 0 saturated carbocycles. The molecule has 0 spiro atoms. The van der Waals surface area contributed by atoms with Crippen molar-refractivity contribution in [3.05, 3.63) is 0 Å². The molecule has 1 aliphatic heterocycles. The molecule has 1 saturated heterocycles.